The SMILES string of the molecule is FC(F)c1ccc(/C=C/[B-](F)(F)F)cn1.[K+]. The first-order chi connectivity index (χ1) is 6.88. The number of hydrogen-bond donors (Lipinski definition) is 0. The fourth-order valence-electron chi connectivity index (χ4n) is 0.865. The predicted molar refractivity (Wildman–Crippen MR) is 47.3 cm³/mol. The minimum Gasteiger partial charge on any atom is -0.445 e. The van der Waals surface area contributed by atoms with Crippen LogP contribution in [-0.2, 0) is 0 Å². The molecule has 82 valence electrons. The molecule has 0 N–H and O–H groups in total. The molecule has 0 aliphatic rings. The minimum atomic E-state index is -5.01. The maximum absolute atomic E-state index is 12.0. The van der Waals surface area contributed by atoms with Crippen LogP contribution in [0.4, 0.5) is 21.7 Å². The van der Waals surface area contributed by atoms with Crippen molar-refractivity contribution in [2.75, 3.05) is 0 Å². The van der Waals surface area contributed by atoms with Crippen LogP contribution in [0, 0.1) is 0 Å². The Morgan fingerprint density at radius 1 is 1.19 bits per heavy atom. The molecule has 1 nitrogen and oxygen atoms in total. The minimum absolute atomic E-state index is 0. The molecule has 0 atom stereocenters. The molecule has 0 aliphatic heterocycles. The third kappa shape index (κ3) is 6.09. The Morgan fingerprint density at radius 2 is 1.81 bits per heavy atom. The van der Waals surface area contributed by atoms with Gasteiger partial charge in [-0.05, 0) is 11.6 Å². The van der Waals surface area contributed by atoms with Crippen molar-refractivity contribution in [2.45, 2.75) is 6.43 Å². The smallest absolute Gasteiger partial charge is 0.445 e. The van der Waals surface area contributed by atoms with Crippen LogP contribution in [0.5, 0.6) is 0 Å². The van der Waals surface area contributed by atoms with Crippen molar-refractivity contribution in [1.29, 1.82) is 0 Å². The summed E-state index contributed by atoms with van der Waals surface area (Å²) in [6.45, 7) is -5.01. The van der Waals surface area contributed by atoms with E-state index in [0.717, 1.165) is 24.4 Å². The van der Waals surface area contributed by atoms with Gasteiger partial charge in [0.15, 0.2) is 0 Å². The van der Waals surface area contributed by atoms with Crippen LogP contribution in [0.3, 0.4) is 0 Å². The summed E-state index contributed by atoms with van der Waals surface area (Å²) in [5.41, 5.74) is -0.316. The van der Waals surface area contributed by atoms with Crippen molar-refractivity contribution in [1.82, 2.24) is 4.98 Å². The largest absolute Gasteiger partial charge is 1.00 e. The molecular formula is C8H6BF5KN. The molecule has 0 aliphatic carbocycles. The van der Waals surface area contributed by atoms with Crippen LogP contribution in [0.25, 0.3) is 6.08 Å². The van der Waals surface area contributed by atoms with E-state index >= 15 is 0 Å². The molecule has 1 rings (SSSR count). The average Bonchev–Trinajstić information content (AvgIpc) is 2.14. The van der Waals surface area contributed by atoms with Gasteiger partial charge in [0.25, 0.3) is 6.43 Å². The van der Waals surface area contributed by atoms with E-state index in [4.69, 9.17) is 0 Å². The summed E-state index contributed by atoms with van der Waals surface area (Å²) in [6, 6.07) is 2.15. The zero-order chi connectivity index (χ0) is 11.5. The van der Waals surface area contributed by atoms with Gasteiger partial charge < -0.3 is 12.9 Å². The summed E-state index contributed by atoms with van der Waals surface area (Å²) in [7, 11) is 0. The second kappa shape index (κ2) is 6.85. The Bertz CT molecular complexity index is 348. The van der Waals surface area contributed by atoms with Gasteiger partial charge in [0.1, 0.15) is 5.69 Å². The van der Waals surface area contributed by atoms with E-state index in [1.165, 1.54) is 0 Å². The summed E-state index contributed by atoms with van der Waals surface area (Å²) < 4.78 is 59.4. The number of pyridine rings is 1. The molecular weight excluding hydrogens is 255 g/mol. The first-order valence-corrected chi connectivity index (χ1v) is 4.02. The Morgan fingerprint density at radius 3 is 2.19 bits per heavy atom. The van der Waals surface area contributed by atoms with Gasteiger partial charge in [-0.25, -0.2) is 8.78 Å². The second-order valence-corrected chi connectivity index (χ2v) is 2.80. The predicted octanol–water partition coefficient (Wildman–Crippen LogP) is 0.423. The van der Waals surface area contributed by atoms with Crippen molar-refractivity contribution in [2.24, 2.45) is 0 Å². The molecule has 0 unspecified atom stereocenters. The van der Waals surface area contributed by atoms with E-state index in [1.807, 2.05) is 0 Å². The van der Waals surface area contributed by atoms with Gasteiger partial charge in [0.2, 0.25) is 0 Å². The molecule has 1 heterocycles. The van der Waals surface area contributed by atoms with Crippen LogP contribution >= 0.6 is 0 Å². The van der Waals surface area contributed by atoms with Gasteiger partial charge in [-0.2, -0.15) is 0 Å². The fourth-order valence-corrected chi connectivity index (χ4v) is 0.865. The van der Waals surface area contributed by atoms with E-state index in [1.54, 1.807) is 0 Å². The van der Waals surface area contributed by atoms with Crippen molar-refractivity contribution < 1.29 is 73.1 Å². The molecule has 0 spiro atoms. The van der Waals surface area contributed by atoms with Crippen molar-refractivity contribution >= 4 is 13.1 Å². The van der Waals surface area contributed by atoms with Crippen LogP contribution in [0.15, 0.2) is 24.3 Å². The molecule has 0 saturated carbocycles. The Balaban J connectivity index is 0.00000225. The molecule has 0 saturated heterocycles. The number of aromatic nitrogens is 1. The summed E-state index contributed by atoms with van der Waals surface area (Å²) in [5.74, 6) is 0.0824. The zero-order valence-corrected chi connectivity index (χ0v) is 11.5. The van der Waals surface area contributed by atoms with Gasteiger partial charge >= 0.3 is 58.4 Å². The summed E-state index contributed by atoms with van der Waals surface area (Å²) in [5, 5.41) is 0. The molecule has 16 heavy (non-hydrogen) atoms. The number of halogens is 5. The summed E-state index contributed by atoms with van der Waals surface area (Å²) in [4.78, 5) is 3.32. The first-order valence-electron chi connectivity index (χ1n) is 4.02. The third-order valence-corrected chi connectivity index (χ3v) is 1.54. The van der Waals surface area contributed by atoms with Gasteiger partial charge in [-0.1, -0.05) is 12.1 Å². The molecule has 0 radical (unpaired) electrons. The van der Waals surface area contributed by atoms with E-state index in [2.05, 4.69) is 4.98 Å². The number of alkyl halides is 2. The molecule has 0 amide bonds. The monoisotopic (exact) mass is 261 g/mol. The van der Waals surface area contributed by atoms with E-state index in [9.17, 15) is 21.7 Å². The van der Waals surface area contributed by atoms with Crippen LogP contribution in [0.1, 0.15) is 17.7 Å². The molecule has 0 bridgehead atoms. The van der Waals surface area contributed by atoms with Crippen molar-refractivity contribution in [3.05, 3.63) is 35.6 Å². The zero-order valence-electron chi connectivity index (χ0n) is 8.38. The standard InChI is InChI=1S/C8H6BF5N.K/c10-8(11)7-2-1-6(5-15-7)3-4-9(12,13)14;/h1-5,8H;/q-1;+1/b4-3+;. The van der Waals surface area contributed by atoms with Gasteiger partial charge in [-0.3, -0.25) is 4.98 Å². The maximum atomic E-state index is 12.0. The number of hydrogen-bond acceptors (Lipinski definition) is 1. The van der Waals surface area contributed by atoms with Crippen molar-refractivity contribution in [3.63, 3.8) is 0 Å². The second-order valence-electron chi connectivity index (χ2n) is 2.80. The molecule has 1 aromatic rings. The normalized spacial score (nSPS) is 11.9. The summed E-state index contributed by atoms with van der Waals surface area (Å²) in [6.07, 6.45) is -0.947. The number of nitrogens with zero attached hydrogens (tertiary/aromatic N) is 1. The summed E-state index contributed by atoms with van der Waals surface area (Å²) >= 11 is 0. The Labute approximate surface area is 132 Å². The topological polar surface area (TPSA) is 12.9 Å². The van der Waals surface area contributed by atoms with E-state index in [0.29, 0.717) is 0 Å². The van der Waals surface area contributed by atoms with Gasteiger partial charge in [0, 0.05) is 6.20 Å². The van der Waals surface area contributed by atoms with Crippen LogP contribution < -0.4 is 51.4 Å². The first kappa shape index (κ1) is 16.2. The maximum Gasteiger partial charge on any atom is 1.00 e. The van der Waals surface area contributed by atoms with Crippen molar-refractivity contribution in [3.8, 4) is 0 Å². The molecule has 8 heteroatoms. The van der Waals surface area contributed by atoms with Gasteiger partial charge in [-0.15, -0.1) is 5.98 Å². The molecule has 1 aromatic heterocycles. The molecule has 0 aromatic carbocycles. The quantitative estimate of drug-likeness (QED) is 0.567. The Kier molecular flexibility index (Phi) is 6.95. The van der Waals surface area contributed by atoms with Crippen LogP contribution in [0.2, 0.25) is 0 Å². The Hall–Kier alpha value is 0.241. The average molecular weight is 261 g/mol. The van der Waals surface area contributed by atoms with Crippen LogP contribution in [-0.4, -0.2) is 12.0 Å². The van der Waals surface area contributed by atoms with E-state index in [-0.39, 0.29) is 62.9 Å². The third-order valence-electron chi connectivity index (χ3n) is 1.54. The van der Waals surface area contributed by atoms with Gasteiger partial charge in [0.05, 0.1) is 0 Å². The number of rotatable bonds is 3. The fraction of sp³-hybridized carbons (Fsp3) is 0.125. The van der Waals surface area contributed by atoms with E-state index < -0.39 is 19.1 Å². The molecule has 0 fully saturated rings.